The van der Waals surface area contributed by atoms with Crippen LogP contribution in [0.1, 0.15) is 16.2 Å². The van der Waals surface area contributed by atoms with E-state index in [0.717, 1.165) is 6.54 Å². The number of nitrogens with one attached hydrogen (secondary N) is 1. The average Bonchev–Trinajstić information content (AvgIpc) is 2.73. The highest BCUT2D eigenvalue weighted by Crippen LogP contribution is 2.19. The zero-order valence-electron chi connectivity index (χ0n) is 7.12. The molecule has 0 radical (unpaired) electrons. The molecule has 1 saturated heterocycles. The van der Waals surface area contributed by atoms with E-state index in [2.05, 4.69) is 10.3 Å². The van der Waals surface area contributed by atoms with E-state index in [9.17, 15) is 4.79 Å². The van der Waals surface area contributed by atoms with Crippen LogP contribution in [0.4, 0.5) is 0 Å². The fourth-order valence-corrected chi connectivity index (χ4v) is 2.14. The first kappa shape index (κ1) is 8.80. The minimum Gasteiger partial charge on any atom is -0.317 e. The summed E-state index contributed by atoms with van der Waals surface area (Å²) in [7, 11) is 0. The van der Waals surface area contributed by atoms with Gasteiger partial charge in [-0.25, -0.2) is 4.98 Å². The van der Waals surface area contributed by atoms with E-state index >= 15 is 0 Å². The Kier molecular flexibility index (Phi) is 2.15. The van der Waals surface area contributed by atoms with Crippen molar-refractivity contribution in [1.82, 2.24) is 10.3 Å². The second-order valence-corrected chi connectivity index (χ2v) is 4.14. The fourth-order valence-electron chi connectivity index (χ4n) is 1.45. The summed E-state index contributed by atoms with van der Waals surface area (Å²) >= 11 is 1.35. The molecule has 4 nitrogen and oxygen atoms in total. The van der Waals surface area contributed by atoms with Crippen LogP contribution in [-0.2, 0) is 0 Å². The van der Waals surface area contributed by atoms with E-state index in [1.54, 1.807) is 11.6 Å². The number of hydrogen-bond donors (Lipinski definition) is 2. The van der Waals surface area contributed by atoms with E-state index in [1.165, 1.54) is 11.3 Å². The summed E-state index contributed by atoms with van der Waals surface area (Å²) in [6.45, 7) is 1.37. The third kappa shape index (κ3) is 1.50. The maximum atomic E-state index is 11.8. The maximum absolute atomic E-state index is 11.8. The molecule has 0 amide bonds. The molecule has 1 aromatic heterocycles. The van der Waals surface area contributed by atoms with E-state index in [1.807, 2.05) is 0 Å². The zero-order valence-corrected chi connectivity index (χ0v) is 7.93. The zero-order chi connectivity index (χ0) is 9.31. The van der Waals surface area contributed by atoms with Crippen LogP contribution < -0.4 is 11.1 Å². The van der Waals surface area contributed by atoms with Crippen LogP contribution in [0.2, 0.25) is 0 Å². The van der Waals surface area contributed by atoms with E-state index in [-0.39, 0.29) is 5.78 Å². The summed E-state index contributed by atoms with van der Waals surface area (Å²) < 4.78 is 0. The molecule has 5 heteroatoms. The van der Waals surface area contributed by atoms with Crippen molar-refractivity contribution in [3.05, 3.63) is 16.6 Å². The van der Waals surface area contributed by atoms with Gasteiger partial charge in [0.2, 0.25) is 5.78 Å². The van der Waals surface area contributed by atoms with Gasteiger partial charge in [0.1, 0.15) is 0 Å². The molecule has 70 valence electrons. The van der Waals surface area contributed by atoms with Gasteiger partial charge in [0.15, 0.2) is 5.01 Å². The maximum Gasteiger partial charge on any atom is 0.212 e. The van der Waals surface area contributed by atoms with Crippen molar-refractivity contribution >= 4 is 17.1 Å². The Hall–Kier alpha value is -0.780. The molecule has 1 atom stereocenters. The molecule has 0 aliphatic carbocycles. The number of carbonyl (C=O) groups excluding carboxylic acids is 1. The summed E-state index contributed by atoms with van der Waals surface area (Å²) in [5.74, 6) is -0.0347. The predicted octanol–water partition coefficient (Wildman–Crippen LogP) is 0.0166. The SMILES string of the molecule is NC1(C(=O)c2nccs2)CCNC1. The lowest BCUT2D eigenvalue weighted by molar-refractivity contribution is 0.0901. The highest BCUT2D eigenvalue weighted by Gasteiger charge is 2.38. The highest BCUT2D eigenvalue weighted by molar-refractivity contribution is 7.11. The molecule has 1 aliphatic heterocycles. The predicted molar refractivity (Wildman–Crippen MR) is 50.8 cm³/mol. The third-order valence-electron chi connectivity index (χ3n) is 2.27. The van der Waals surface area contributed by atoms with Gasteiger partial charge in [-0.15, -0.1) is 11.3 Å². The first-order valence-corrected chi connectivity index (χ1v) is 5.04. The molecule has 1 fully saturated rings. The average molecular weight is 197 g/mol. The summed E-state index contributed by atoms with van der Waals surface area (Å²) in [5, 5.41) is 5.40. The van der Waals surface area contributed by atoms with Crippen LogP contribution in [0, 0.1) is 0 Å². The van der Waals surface area contributed by atoms with Gasteiger partial charge in [-0.1, -0.05) is 0 Å². The van der Waals surface area contributed by atoms with Crippen LogP contribution in [0.3, 0.4) is 0 Å². The number of rotatable bonds is 2. The molecular formula is C8H11N3OS. The van der Waals surface area contributed by atoms with Crippen LogP contribution >= 0.6 is 11.3 Å². The monoisotopic (exact) mass is 197 g/mol. The van der Waals surface area contributed by atoms with Gasteiger partial charge in [0, 0.05) is 18.1 Å². The lowest BCUT2D eigenvalue weighted by atomic mass is 9.95. The Morgan fingerprint density at radius 2 is 2.62 bits per heavy atom. The standard InChI is InChI=1S/C8H11N3OS/c9-8(1-2-10-5-8)6(12)7-11-3-4-13-7/h3-4,10H,1-2,5,9H2. The van der Waals surface area contributed by atoms with E-state index in [0.29, 0.717) is 18.0 Å². The van der Waals surface area contributed by atoms with Crippen molar-refractivity contribution in [1.29, 1.82) is 0 Å². The normalized spacial score (nSPS) is 27.8. The van der Waals surface area contributed by atoms with Crippen molar-refractivity contribution in [3.63, 3.8) is 0 Å². The fraction of sp³-hybridized carbons (Fsp3) is 0.500. The molecule has 2 heterocycles. The van der Waals surface area contributed by atoms with Gasteiger partial charge in [-0.2, -0.15) is 0 Å². The Morgan fingerprint density at radius 1 is 1.77 bits per heavy atom. The number of nitrogens with two attached hydrogens (primary N) is 1. The molecule has 2 rings (SSSR count). The first-order valence-electron chi connectivity index (χ1n) is 4.16. The van der Waals surface area contributed by atoms with Crippen LogP contribution in [-0.4, -0.2) is 29.4 Å². The molecule has 1 aromatic rings. The number of nitrogens with zero attached hydrogens (tertiary/aromatic N) is 1. The summed E-state index contributed by atoms with van der Waals surface area (Å²) in [6.07, 6.45) is 2.33. The number of thiazole rings is 1. The quantitative estimate of drug-likeness (QED) is 0.656. The second kappa shape index (κ2) is 3.17. The first-order chi connectivity index (χ1) is 6.22. The molecule has 13 heavy (non-hydrogen) atoms. The highest BCUT2D eigenvalue weighted by atomic mass is 32.1. The Labute approximate surface area is 80.2 Å². The largest absolute Gasteiger partial charge is 0.317 e. The number of ketones is 1. The van der Waals surface area contributed by atoms with Gasteiger partial charge in [0.25, 0.3) is 0 Å². The smallest absolute Gasteiger partial charge is 0.212 e. The molecule has 1 unspecified atom stereocenters. The molecule has 0 bridgehead atoms. The van der Waals surface area contributed by atoms with Gasteiger partial charge in [-0.3, -0.25) is 4.79 Å². The molecule has 3 N–H and O–H groups in total. The minimum absolute atomic E-state index is 0.0347. The summed E-state index contributed by atoms with van der Waals surface area (Å²) in [4.78, 5) is 15.8. The van der Waals surface area contributed by atoms with E-state index < -0.39 is 5.54 Å². The van der Waals surface area contributed by atoms with Crippen LogP contribution in [0.5, 0.6) is 0 Å². The Morgan fingerprint density at radius 3 is 3.15 bits per heavy atom. The van der Waals surface area contributed by atoms with Gasteiger partial charge >= 0.3 is 0 Å². The van der Waals surface area contributed by atoms with Crippen molar-refractivity contribution in [2.75, 3.05) is 13.1 Å². The number of hydrogen-bond acceptors (Lipinski definition) is 5. The van der Waals surface area contributed by atoms with Crippen molar-refractivity contribution in [2.45, 2.75) is 12.0 Å². The second-order valence-electron chi connectivity index (χ2n) is 3.25. The minimum atomic E-state index is -0.724. The van der Waals surface area contributed by atoms with Gasteiger partial charge in [0.05, 0.1) is 5.54 Å². The van der Waals surface area contributed by atoms with Crippen molar-refractivity contribution in [3.8, 4) is 0 Å². The Balaban J connectivity index is 2.21. The lowest BCUT2D eigenvalue weighted by Gasteiger charge is -2.18. The van der Waals surface area contributed by atoms with Crippen LogP contribution in [0.25, 0.3) is 0 Å². The number of carbonyl (C=O) groups is 1. The number of aromatic nitrogens is 1. The van der Waals surface area contributed by atoms with Crippen molar-refractivity contribution < 1.29 is 4.79 Å². The molecule has 0 aromatic carbocycles. The van der Waals surface area contributed by atoms with E-state index in [4.69, 9.17) is 5.73 Å². The van der Waals surface area contributed by atoms with Crippen molar-refractivity contribution in [2.24, 2.45) is 5.73 Å². The molecule has 1 aliphatic rings. The Bertz CT molecular complexity index is 303. The van der Waals surface area contributed by atoms with Gasteiger partial charge < -0.3 is 11.1 Å². The topological polar surface area (TPSA) is 68.0 Å². The molecular weight excluding hydrogens is 186 g/mol. The third-order valence-corrected chi connectivity index (χ3v) is 3.04. The summed E-state index contributed by atoms with van der Waals surface area (Å²) in [5.41, 5.74) is 5.22. The molecule has 0 saturated carbocycles. The molecule has 0 spiro atoms. The van der Waals surface area contributed by atoms with Crippen LogP contribution in [0.15, 0.2) is 11.6 Å². The lowest BCUT2D eigenvalue weighted by Crippen LogP contribution is -2.49. The van der Waals surface area contributed by atoms with Gasteiger partial charge in [-0.05, 0) is 13.0 Å². The number of Topliss-reactive ketones (excluding diaryl/α,β-unsaturated/α-hetero) is 1. The summed E-state index contributed by atoms with van der Waals surface area (Å²) in [6, 6.07) is 0.